The first-order valence-electron chi connectivity index (χ1n) is 7.98. The van der Waals surface area contributed by atoms with Crippen molar-refractivity contribution in [3.8, 4) is 0 Å². The molecule has 2 atom stereocenters. The minimum atomic E-state index is -0.238. The Morgan fingerprint density at radius 2 is 1.96 bits per heavy atom. The second-order valence-electron chi connectivity index (χ2n) is 6.41. The number of amides is 1. The Kier molecular flexibility index (Phi) is 4.99. The number of hydrogen-bond acceptors (Lipinski definition) is 3. The highest BCUT2D eigenvalue weighted by molar-refractivity contribution is 9.10. The maximum absolute atomic E-state index is 13.0. The molecule has 2 unspecified atom stereocenters. The summed E-state index contributed by atoms with van der Waals surface area (Å²) in [4.78, 5) is 29.6. The standard InChI is InChI=1S/C17H18BrN3O2.ClH/c18-10-1-4-15-13(7-10)14(8-16(22)20-15)17(23)21-6-5-11-2-3-12(9-21)19-11;/h1,4,7-8,11-12,19H,2-3,5-6,9H2,(H,20,22);1H. The van der Waals surface area contributed by atoms with E-state index < -0.39 is 0 Å². The summed E-state index contributed by atoms with van der Waals surface area (Å²) in [6.07, 6.45) is 3.30. The van der Waals surface area contributed by atoms with E-state index in [9.17, 15) is 9.59 Å². The Morgan fingerprint density at radius 1 is 1.17 bits per heavy atom. The highest BCUT2D eigenvalue weighted by atomic mass is 79.9. The fraction of sp³-hybridized carbons (Fsp3) is 0.412. The number of carbonyl (C=O) groups is 1. The van der Waals surface area contributed by atoms with Crippen LogP contribution in [-0.4, -0.2) is 41.0 Å². The van der Waals surface area contributed by atoms with E-state index in [0.29, 0.717) is 23.2 Å². The number of benzene rings is 1. The lowest BCUT2D eigenvalue weighted by molar-refractivity contribution is 0.0750. The van der Waals surface area contributed by atoms with Crippen molar-refractivity contribution in [2.45, 2.75) is 31.3 Å². The average molecular weight is 413 g/mol. The highest BCUT2D eigenvalue weighted by Crippen LogP contribution is 2.25. The topological polar surface area (TPSA) is 65.2 Å². The van der Waals surface area contributed by atoms with E-state index in [0.717, 1.165) is 35.8 Å². The Balaban J connectivity index is 0.00000169. The number of pyridine rings is 1. The van der Waals surface area contributed by atoms with Gasteiger partial charge in [0.15, 0.2) is 0 Å². The third-order valence-corrected chi connectivity index (χ3v) is 5.34. The number of carbonyl (C=O) groups excluding carboxylic acids is 1. The van der Waals surface area contributed by atoms with Crippen LogP contribution in [-0.2, 0) is 0 Å². The fourth-order valence-corrected chi connectivity index (χ4v) is 4.06. The van der Waals surface area contributed by atoms with Crippen LogP contribution < -0.4 is 10.9 Å². The van der Waals surface area contributed by atoms with Crippen molar-refractivity contribution in [3.05, 3.63) is 44.7 Å². The second kappa shape index (κ2) is 6.86. The first-order chi connectivity index (χ1) is 11.1. The van der Waals surface area contributed by atoms with Gasteiger partial charge >= 0.3 is 0 Å². The number of rotatable bonds is 1. The van der Waals surface area contributed by atoms with E-state index in [4.69, 9.17) is 0 Å². The van der Waals surface area contributed by atoms with Gasteiger partial charge in [0, 0.05) is 46.6 Å². The van der Waals surface area contributed by atoms with Gasteiger partial charge in [0.2, 0.25) is 5.56 Å². The summed E-state index contributed by atoms with van der Waals surface area (Å²) in [7, 11) is 0. The molecule has 3 heterocycles. The van der Waals surface area contributed by atoms with Crippen LogP contribution in [0.1, 0.15) is 29.6 Å². The SMILES string of the molecule is Cl.O=C(c1cc(=O)[nH]c2ccc(Br)cc12)N1CCC2CCC(C1)N2. The third-order valence-electron chi connectivity index (χ3n) is 4.85. The largest absolute Gasteiger partial charge is 0.337 e. The van der Waals surface area contributed by atoms with Gasteiger partial charge in [-0.05, 0) is 37.5 Å². The molecule has 1 amide bonds. The number of aromatic amines is 1. The van der Waals surface area contributed by atoms with Crippen molar-refractivity contribution in [3.63, 3.8) is 0 Å². The molecule has 0 aliphatic carbocycles. The molecule has 24 heavy (non-hydrogen) atoms. The van der Waals surface area contributed by atoms with Gasteiger partial charge in [0.05, 0.1) is 5.56 Å². The molecule has 4 rings (SSSR count). The zero-order chi connectivity index (χ0) is 16.0. The zero-order valence-electron chi connectivity index (χ0n) is 13.0. The molecule has 128 valence electrons. The van der Waals surface area contributed by atoms with Crippen LogP contribution in [0.4, 0.5) is 0 Å². The molecule has 5 nitrogen and oxygen atoms in total. The Labute approximate surface area is 154 Å². The van der Waals surface area contributed by atoms with Crippen LogP contribution in [0.15, 0.2) is 33.5 Å². The lowest BCUT2D eigenvalue weighted by Crippen LogP contribution is -2.39. The molecule has 0 spiro atoms. The van der Waals surface area contributed by atoms with E-state index in [1.54, 1.807) is 0 Å². The van der Waals surface area contributed by atoms with E-state index in [-0.39, 0.29) is 23.9 Å². The molecule has 2 fully saturated rings. The molecule has 0 saturated carbocycles. The third kappa shape index (κ3) is 3.23. The summed E-state index contributed by atoms with van der Waals surface area (Å²) in [6.45, 7) is 1.47. The zero-order valence-corrected chi connectivity index (χ0v) is 15.5. The van der Waals surface area contributed by atoms with Gasteiger partial charge in [-0.2, -0.15) is 0 Å². The maximum atomic E-state index is 13.0. The van der Waals surface area contributed by atoms with Gasteiger partial charge in [-0.3, -0.25) is 9.59 Å². The minimum absolute atomic E-state index is 0. The number of halogens is 2. The molecule has 2 bridgehead atoms. The highest BCUT2D eigenvalue weighted by Gasteiger charge is 2.32. The van der Waals surface area contributed by atoms with Crippen LogP contribution in [0.2, 0.25) is 0 Å². The molecule has 7 heteroatoms. The number of likely N-dealkylation sites (tertiary alicyclic amines) is 1. The van der Waals surface area contributed by atoms with Crippen LogP contribution in [0.25, 0.3) is 10.9 Å². The van der Waals surface area contributed by atoms with Gasteiger partial charge in [-0.1, -0.05) is 15.9 Å². The molecular formula is C17H19BrClN3O2. The lowest BCUT2D eigenvalue weighted by atomic mass is 10.1. The normalized spacial score (nSPS) is 23.0. The predicted octanol–water partition coefficient (Wildman–Crippen LogP) is 2.68. The molecule has 1 aromatic heterocycles. The smallest absolute Gasteiger partial charge is 0.254 e. The summed E-state index contributed by atoms with van der Waals surface area (Å²) in [6, 6.07) is 7.91. The number of hydrogen-bond donors (Lipinski definition) is 2. The van der Waals surface area contributed by atoms with Crippen LogP contribution >= 0.6 is 28.3 Å². The minimum Gasteiger partial charge on any atom is -0.337 e. The molecule has 1 aromatic carbocycles. The van der Waals surface area contributed by atoms with Gasteiger partial charge in [-0.15, -0.1) is 12.4 Å². The first-order valence-corrected chi connectivity index (χ1v) is 8.77. The fourth-order valence-electron chi connectivity index (χ4n) is 3.70. The van der Waals surface area contributed by atoms with Gasteiger partial charge in [0.1, 0.15) is 0 Å². The number of fused-ring (bicyclic) bond motifs is 3. The number of H-pyrrole nitrogens is 1. The number of aromatic nitrogens is 1. The molecule has 2 N–H and O–H groups in total. The Bertz CT molecular complexity index is 838. The van der Waals surface area contributed by atoms with Gasteiger partial charge < -0.3 is 15.2 Å². The number of nitrogens with one attached hydrogen (secondary N) is 2. The van der Waals surface area contributed by atoms with Crippen molar-refractivity contribution in [2.75, 3.05) is 13.1 Å². The van der Waals surface area contributed by atoms with Crippen LogP contribution in [0, 0.1) is 0 Å². The van der Waals surface area contributed by atoms with Gasteiger partial charge in [0.25, 0.3) is 5.91 Å². The first kappa shape index (κ1) is 17.5. The maximum Gasteiger partial charge on any atom is 0.254 e. The summed E-state index contributed by atoms with van der Waals surface area (Å²) in [5, 5.41) is 4.36. The molecular weight excluding hydrogens is 394 g/mol. The van der Waals surface area contributed by atoms with E-state index in [1.807, 2.05) is 23.1 Å². The van der Waals surface area contributed by atoms with Crippen molar-refractivity contribution in [1.82, 2.24) is 15.2 Å². The summed E-state index contributed by atoms with van der Waals surface area (Å²) in [5.74, 6) is -0.0476. The van der Waals surface area contributed by atoms with Crippen LogP contribution in [0.3, 0.4) is 0 Å². The summed E-state index contributed by atoms with van der Waals surface area (Å²) < 4.78 is 0.891. The summed E-state index contributed by atoms with van der Waals surface area (Å²) in [5.41, 5.74) is 0.944. The quantitative estimate of drug-likeness (QED) is 0.757. The van der Waals surface area contributed by atoms with Crippen molar-refractivity contribution < 1.29 is 4.79 Å². The van der Waals surface area contributed by atoms with Crippen molar-refractivity contribution in [1.29, 1.82) is 0 Å². The van der Waals surface area contributed by atoms with E-state index in [2.05, 4.69) is 26.2 Å². The molecule has 2 aromatic rings. The predicted molar refractivity (Wildman–Crippen MR) is 100.0 cm³/mol. The van der Waals surface area contributed by atoms with E-state index in [1.165, 1.54) is 12.5 Å². The monoisotopic (exact) mass is 411 g/mol. The van der Waals surface area contributed by atoms with E-state index >= 15 is 0 Å². The molecule has 0 radical (unpaired) electrons. The second-order valence-corrected chi connectivity index (χ2v) is 7.33. The molecule has 2 aliphatic rings. The number of nitrogens with zero attached hydrogens (tertiary/aromatic N) is 1. The average Bonchev–Trinajstić information content (AvgIpc) is 2.85. The Hall–Kier alpha value is -1.37. The molecule has 2 saturated heterocycles. The molecule has 2 aliphatic heterocycles. The van der Waals surface area contributed by atoms with Crippen LogP contribution in [0.5, 0.6) is 0 Å². The lowest BCUT2D eigenvalue weighted by Gasteiger charge is -2.24. The van der Waals surface area contributed by atoms with Crippen molar-refractivity contribution in [2.24, 2.45) is 0 Å². The summed E-state index contributed by atoms with van der Waals surface area (Å²) >= 11 is 3.44. The van der Waals surface area contributed by atoms with Gasteiger partial charge in [-0.25, -0.2) is 0 Å². The van der Waals surface area contributed by atoms with Crippen molar-refractivity contribution >= 4 is 45.1 Å². The Morgan fingerprint density at radius 3 is 2.79 bits per heavy atom.